The summed E-state index contributed by atoms with van der Waals surface area (Å²) in [6.07, 6.45) is 0. The van der Waals surface area contributed by atoms with E-state index in [1.807, 2.05) is 62.7 Å². The maximum atomic E-state index is 12.6. The van der Waals surface area contributed by atoms with Crippen LogP contribution in [0.3, 0.4) is 0 Å². The van der Waals surface area contributed by atoms with Gasteiger partial charge in [0.2, 0.25) is 5.91 Å². The van der Waals surface area contributed by atoms with Gasteiger partial charge in [-0.3, -0.25) is 4.79 Å². The monoisotopic (exact) mass is 400 g/mol. The summed E-state index contributed by atoms with van der Waals surface area (Å²) in [5, 5.41) is 12.5. The molecule has 0 bridgehead atoms. The fraction of sp³-hybridized carbons (Fsp3) is 0.250. The van der Waals surface area contributed by atoms with Crippen LogP contribution in [0.5, 0.6) is 0 Å². The Morgan fingerprint density at radius 1 is 1.15 bits per heavy atom. The molecule has 7 heteroatoms. The first-order chi connectivity index (χ1) is 12.9. The quantitative estimate of drug-likeness (QED) is 0.620. The van der Waals surface area contributed by atoms with Gasteiger partial charge in [0, 0.05) is 23.3 Å². The molecule has 0 fully saturated rings. The highest BCUT2D eigenvalue weighted by molar-refractivity contribution is 8.00. The van der Waals surface area contributed by atoms with E-state index in [0.29, 0.717) is 10.2 Å². The molecule has 0 saturated carbocycles. The van der Waals surface area contributed by atoms with Crippen LogP contribution >= 0.6 is 23.4 Å². The molecule has 0 aliphatic carbocycles. The highest BCUT2D eigenvalue weighted by atomic mass is 35.5. The van der Waals surface area contributed by atoms with Crippen LogP contribution in [-0.2, 0) is 11.8 Å². The summed E-state index contributed by atoms with van der Waals surface area (Å²) >= 11 is 7.40. The third-order valence-corrected chi connectivity index (χ3v) is 5.70. The fourth-order valence-electron chi connectivity index (χ4n) is 2.65. The third kappa shape index (κ3) is 4.34. The van der Waals surface area contributed by atoms with Gasteiger partial charge in [-0.05, 0) is 44.0 Å². The summed E-state index contributed by atoms with van der Waals surface area (Å²) in [5.41, 5.74) is 3.85. The van der Waals surface area contributed by atoms with Crippen LogP contribution in [0.25, 0.3) is 11.4 Å². The van der Waals surface area contributed by atoms with E-state index in [9.17, 15) is 4.79 Å². The van der Waals surface area contributed by atoms with Crippen molar-refractivity contribution in [3.8, 4) is 11.4 Å². The minimum Gasteiger partial charge on any atom is -0.325 e. The van der Waals surface area contributed by atoms with Gasteiger partial charge < -0.3 is 9.88 Å². The zero-order valence-corrected chi connectivity index (χ0v) is 17.2. The molecule has 140 valence electrons. The van der Waals surface area contributed by atoms with Gasteiger partial charge in [-0.2, -0.15) is 0 Å². The third-order valence-electron chi connectivity index (χ3n) is 4.33. The number of hydrogen-bond acceptors (Lipinski definition) is 4. The average molecular weight is 401 g/mol. The summed E-state index contributed by atoms with van der Waals surface area (Å²) in [6.45, 7) is 5.82. The molecule has 1 unspecified atom stereocenters. The van der Waals surface area contributed by atoms with Crippen molar-refractivity contribution in [1.29, 1.82) is 0 Å². The molecule has 0 aliphatic heterocycles. The van der Waals surface area contributed by atoms with Crippen LogP contribution in [0.4, 0.5) is 5.69 Å². The smallest absolute Gasteiger partial charge is 0.237 e. The van der Waals surface area contributed by atoms with Gasteiger partial charge in [0.1, 0.15) is 0 Å². The van der Waals surface area contributed by atoms with Crippen molar-refractivity contribution in [2.75, 3.05) is 5.32 Å². The second-order valence-corrected chi connectivity index (χ2v) is 8.13. The van der Waals surface area contributed by atoms with Gasteiger partial charge in [0.25, 0.3) is 0 Å². The first-order valence-electron chi connectivity index (χ1n) is 8.56. The number of rotatable bonds is 5. The molecule has 0 spiro atoms. The van der Waals surface area contributed by atoms with E-state index in [-0.39, 0.29) is 11.2 Å². The molecule has 1 amide bonds. The predicted octanol–water partition coefficient (Wildman–Crippen LogP) is 4.87. The number of anilines is 1. The van der Waals surface area contributed by atoms with E-state index in [2.05, 4.69) is 15.5 Å². The molecule has 1 aromatic heterocycles. The van der Waals surface area contributed by atoms with Gasteiger partial charge in [-0.1, -0.05) is 53.7 Å². The Morgan fingerprint density at radius 3 is 2.63 bits per heavy atom. The Bertz CT molecular complexity index is 986. The number of nitrogens with zero attached hydrogens (tertiary/aromatic N) is 3. The zero-order valence-electron chi connectivity index (χ0n) is 15.7. The van der Waals surface area contributed by atoms with Crippen molar-refractivity contribution in [1.82, 2.24) is 14.8 Å². The molecule has 0 aliphatic rings. The van der Waals surface area contributed by atoms with Crippen molar-refractivity contribution >= 4 is 35.0 Å². The fourth-order valence-corrected chi connectivity index (χ4v) is 3.64. The molecule has 1 N–H and O–H groups in total. The van der Waals surface area contributed by atoms with Crippen LogP contribution in [0, 0.1) is 13.8 Å². The maximum Gasteiger partial charge on any atom is 0.237 e. The van der Waals surface area contributed by atoms with Crippen molar-refractivity contribution in [2.45, 2.75) is 31.2 Å². The number of halogens is 1. The standard InChI is InChI=1S/C20H21ClN4OS/c1-12-7-5-6-8-16(12)18-23-24-20(25(18)4)27-14(3)19(26)22-17-11-15(21)10-9-13(17)2/h5-11,14H,1-4H3,(H,22,26). The van der Waals surface area contributed by atoms with E-state index in [1.165, 1.54) is 11.8 Å². The zero-order chi connectivity index (χ0) is 19.6. The molecule has 1 atom stereocenters. The number of benzene rings is 2. The highest BCUT2D eigenvalue weighted by Gasteiger charge is 2.20. The van der Waals surface area contributed by atoms with Crippen molar-refractivity contribution in [3.63, 3.8) is 0 Å². The van der Waals surface area contributed by atoms with Gasteiger partial charge >= 0.3 is 0 Å². The van der Waals surface area contributed by atoms with Crippen LogP contribution in [0.1, 0.15) is 18.1 Å². The summed E-state index contributed by atoms with van der Waals surface area (Å²) < 4.78 is 1.92. The second kappa shape index (κ2) is 8.15. The lowest BCUT2D eigenvalue weighted by Crippen LogP contribution is -2.23. The van der Waals surface area contributed by atoms with E-state index < -0.39 is 0 Å². The summed E-state index contributed by atoms with van der Waals surface area (Å²) in [6, 6.07) is 13.5. The molecule has 3 rings (SSSR count). The average Bonchev–Trinajstić information content (AvgIpc) is 2.99. The number of hydrogen-bond donors (Lipinski definition) is 1. The molecule has 0 saturated heterocycles. The first kappa shape index (κ1) is 19.5. The summed E-state index contributed by atoms with van der Waals surface area (Å²) in [5.74, 6) is 0.680. The minimum atomic E-state index is -0.337. The Hall–Kier alpha value is -2.31. The van der Waals surface area contributed by atoms with Gasteiger partial charge in [-0.25, -0.2) is 0 Å². The number of carbonyl (C=O) groups excluding carboxylic acids is 1. The lowest BCUT2D eigenvalue weighted by molar-refractivity contribution is -0.115. The van der Waals surface area contributed by atoms with Crippen LogP contribution in [0.15, 0.2) is 47.6 Å². The van der Waals surface area contributed by atoms with Crippen LogP contribution < -0.4 is 5.32 Å². The van der Waals surface area contributed by atoms with Gasteiger partial charge in [-0.15, -0.1) is 10.2 Å². The maximum absolute atomic E-state index is 12.6. The predicted molar refractivity (Wildman–Crippen MR) is 111 cm³/mol. The van der Waals surface area contributed by atoms with E-state index in [4.69, 9.17) is 11.6 Å². The molecule has 0 radical (unpaired) electrons. The summed E-state index contributed by atoms with van der Waals surface area (Å²) in [4.78, 5) is 12.6. The van der Waals surface area contributed by atoms with Gasteiger partial charge in [0.15, 0.2) is 11.0 Å². The Morgan fingerprint density at radius 2 is 1.89 bits per heavy atom. The number of aromatic nitrogens is 3. The minimum absolute atomic E-state index is 0.106. The molecular formula is C20H21ClN4OS. The lowest BCUT2D eigenvalue weighted by atomic mass is 10.1. The normalized spacial score (nSPS) is 12.0. The van der Waals surface area contributed by atoms with Crippen molar-refractivity contribution in [3.05, 3.63) is 58.6 Å². The number of carbonyl (C=O) groups is 1. The number of aryl methyl sites for hydroxylation is 2. The largest absolute Gasteiger partial charge is 0.325 e. The van der Waals surface area contributed by atoms with E-state index in [1.54, 1.807) is 12.1 Å². The van der Waals surface area contributed by atoms with Crippen molar-refractivity contribution in [2.24, 2.45) is 7.05 Å². The van der Waals surface area contributed by atoms with Crippen molar-refractivity contribution < 1.29 is 4.79 Å². The van der Waals surface area contributed by atoms with E-state index >= 15 is 0 Å². The second-order valence-electron chi connectivity index (χ2n) is 6.39. The number of amides is 1. The SMILES string of the molecule is Cc1ccc(Cl)cc1NC(=O)C(C)Sc1nnc(-c2ccccc2C)n1C. The Kier molecular flexibility index (Phi) is 5.87. The number of nitrogens with one attached hydrogen (secondary N) is 1. The Labute approximate surface area is 168 Å². The summed E-state index contributed by atoms with van der Waals surface area (Å²) in [7, 11) is 1.91. The molecule has 1 heterocycles. The van der Waals surface area contributed by atoms with E-state index in [0.717, 1.165) is 28.2 Å². The van der Waals surface area contributed by atoms with Crippen LogP contribution in [0.2, 0.25) is 5.02 Å². The molecule has 27 heavy (non-hydrogen) atoms. The molecular weight excluding hydrogens is 380 g/mol. The number of thioether (sulfide) groups is 1. The van der Waals surface area contributed by atoms with Gasteiger partial charge in [0.05, 0.1) is 5.25 Å². The highest BCUT2D eigenvalue weighted by Crippen LogP contribution is 2.28. The lowest BCUT2D eigenvalue weighted by Gasteiger charge is -2.13. The molecule has 2 aromatic carbocycles. The first-order valence-corrected chi connectivity index (χ1v) is 9.81. The molecule has 3 aromatic rings. The molecule has 5 nitrogen and oxygen atoms in total. The Balaban J connectivity index is 1.75. The van der Waals surface area contributed by atoms with Crippen LogP contribution in [-0.4, -0.2) is 25.9 Å². The topological polar surface area (TPSA) is 59.8 Å².